The number of rotatable bonds is 2. The highest BCUT2D eigenvalue weighted by atomic mass is 127. The summed E-state index contributed by atoms with van der Waals surface area (Å²) in [6, 6.07) is 0.224. The highest BCUT2D eigenvalue weighted by Crippen LogP contribution is 2.53. The van der Waals surface area contributed by atoms with Crippen LogP contribution in [0.3, 0.4) is 0 Å². The van der Waals surface area contributed by atoms with E-state index in [0.29, 0.717) is 5.96 Å². The van der Waals surface area contributed by atoms with Crippen LogP contribution in [0.2, 0.25) is 0 Å². The first kappa shape index (κ1) is 18.0. The second-order valence-electron chi connectivity index (χ2n) is 6.77. The lowest BCUT2D eigenvalue weighted by Gasteiger charge is -2.57. The van der Waals surface area contributed by atoms with Gasteiger partial charge in [-0.15, -0.1) is 24.0 Å². The number of guanidine groups is 1. The van der Waals surface area contributed by atoms with E-state index in [9.17, 15) is 0 Å². The Hall–Kier alpha value is -0.0400. The van der Waals surface area contributed by atoms with E-state index >= 15 is 0 Å². The van der Waals surface area contributed by atoms with Crippen LogP contribution in [0, 0.1) is 5.41 Å². The Morgan fingerprint density at radius 3 is 2.17 bits per heavy atom. The average Bonchev–Trinajstić information content (AvgIpc) is 2.13. The van der Waals surface area contributed by atoms with Crippen molar-refractivity contribution in [3.8, 4) is 0 Å². The van der Waals surface area contributed by atoms with Crippen LogP contribution in [0.5, 0.6) is 0 Å². The van der Waals surface area contributed by atoms with Crippen LogP contribution in [0.1, 0.15) is 48.0 Å². The van der Waals surface area contributed by atoms with Gasteiger partial charge in [0, 0.05) is 18.1 Å². The molecule has 18 heavy (non-hydrogen) atoms. The van der Waals surface area contributed by atoms with E-state index in [1.165, 1.54) is 0 Å². The van der Waals surface area contributed by atoms with Crippen LogP contribution in [-0.2, 0) is 4.74 Å². The third kappa shape index (κ3) is 3.50. The smallest absolute Gasteiger partial charge is 0.189 e. The van der Waals surface area contributed by atoms with Crippen molar-refractivity contribution in [2.24, 2.45) is 16.1 Å². The van der Waals surface area contributed by atoms with E-state index in [1.807, 2.05) is 0 Å². The molecule has 5 heteroatoms. The Morgan fingerprint density at radius 2 is 1.83 bits per heavy atom. The lowest BCUT2D eigenvalue weighted by atomic mass is 9.56. The number of methoxy groups -OCH3 is 1. The summed E-state index contributed by atoms with van der Waals surface area (Å²) in [5.74, 6) is 0.522. The van der Waals surface area contributed by atoms with Gasteiger partial charge in [-0.1, -0.05) is 13.8 Å². The van der Waals surface area contributed by atoms with Gasteiger partial charge >= 0.3 is 0 Å². The van der Waals surface area contributed by atoms with Gasteiger partial charge in [-0.25, -0.2) is 4.99 Å². The minimum Gasteiger partial charge on any atom is -0.378 e. The quantitative estimate of drug-likeness (QED) is 0.447. The second-order valence-corrected chi connectivity index (χ2v) is 6.77. The van der Waals surface area contributed by atoms with E-state index in [-0.39, 0.29) is 46.6 Å². The van der Waals surface area contributed by atoms with Gasteiger partial charge in [0.25, 0.3) is 0 Å². The largest absolute Gasteiger partial charge is 0.378 e. The van der Waals surface area contributed by atoms with Gasteiger partial charge in [-0.3, -0.25) is 0 Å². The van der Waals surface area contributed by atoms with E-state index in [2.05, 4.69) is 51.9 Å². The molecule has 0 aromatic rings. The summed E-state index contributed by atoms with van der Waals surface area (Å²) in [4.78, 5) is 4.57. The summed E-state index contributed by atoms with van der Waals surface area (Å²) < 4.78 is 5.57. The van der Waals surface area contributed by atoms with Gasteiger partial charge in [-0.05, 0) is 34.1 Å². The molecule has 0 aliphatic heterocycles. The van der Waals surface area contributed by atoms with Gasteiger partial charge < -0.3 is 15.8 Å². The first-order chi connectivity index (χ1) is 7.52. The molecule has 1 aliphatic carbocycles. The number of nitrogens with two attached hydrogens (primary N) is 1. The number of aliphatic imine (C=N–C) groups is 1. The Kier molecular flexibility index (Phi) is 5.51. The maximum absolute atomic E-state index is 5.92. The number of nitrogens with one attached hydrogen (secondary N) is 1. The van der Waals surface area contributed by atoms with Crippen LogP contribution in [0.15, 0.2) is 4.99 Å². The molecule has 1 rings (SSSR count). The van der Waals surface area contributed by atoms with Crippen LogP contribution in [-0.4, -0.2) is 30.3 Å². The van der Waals surface area contributed by atoms with E-state index < -0.39 is 0 Å². The van der Waals surface area contributed by atoms with Gasteiger partial charge in [0.05, 0.1) is 11.6 Å². The zero-order valence-corrected chi connectivity index (χ0v) is 15.0. The maximum atomic E-state index is 5.92. The Morgan fingerprint density at radius 1 is 1.33 bits per heavy atom. The molecule has 108 valence electrons. The Bertz CT molecular complexity index is 323. The zero-order valence-electron chi connectivity index (χ0n) is 12.6. The molecule has 3 N–H and O–H groups in total. The SMILES string of the molecule is COC1(C)CC(N=C(N)NC(C)(C)C)C1(C)C.I. The Balaban J connectivity index is 0.00000289. The fourth-order valence-electron chi connectivity index (χ4n) is 2.25. The monoisotopic (exact) mass is 369 g/mol. The summed E-state index contributed by atoms with van der Waals surface area (Å²) in [7, 11) is 1.76. The number of ether oxygens (including phenoxy) is 1. The molecule has 1 fully saturated rings. The summed E-state index contributed by atoms with van der Waals surface area (Å²) in [5, 5.41) is 3.19. The summed E-state index contributed by atoms with van der Waals surface area (Å²) in [6.45, 7) is 12.7. The fraction of sp³-hybridized carbons (Fsp3) is 0.923. The van der Waals surface area contributed by atoms with E-state index in [4.69, 9.17) is 10.5 Å². The molecule has 0 amide bonds. The third-order valence-corrected chi connectivity index (χ3v) is 4.03. The van der Waals surface area contributed by atoms with Crippen molar-refractivity contribution in [2.45, 2.75) is 65.1 Å². The number of nitrogens with zero attached hydrogens (tertiary/aromatic N) is 1. The van der Waals surface area contributed by atoms with Crippen molar-refractivity contribution in [1.82, 2.24) is 5.32 Å². The minimum atomic E-state index is -0.0941. The third-order valence-electron chi connectivity index (χ3n) is 4.03. The zero-order chi connectivity index (χ0) is 13.5. The van der Waals surface area contributed by atoms with Crippen molar-refractivity contribution in [3.05, 3.63) is 0 Å². The number of hydrogen-bond donors (Lipinski definition) is 2. The van der Waals surface area contributed by atoms with Crippen molar-refractivity contribution in [3.63, 3.8) is 0 Å². The minimum absolute atomic E-state index is 0. The fourth-order valence-corrected chi connectivity index (χ4v) is 2.25. The molecule has 0 aromatic carbocycles. The summed E-state index contributed by atoms with van der Waals surface area (Å²) in [5.41, 5.74) is 5.80. The highest BCUT2D eigenvalue weighted by molar-refractivity contribution is 14.0. The Labute approximate surface area is 128 Å². The van der Waals surface area contributed by atoms with Crippen molar-refractivity contribution in [1.29, 1.82) is 0 Å². The first-order valence-corrected chi connectivity index (χ1v) is 6.18. The first-order valence-electron chi connectivity index (χ1n) is 6.18. The molecular weight excluding hydrogens is 341 g/mol. The number of halogens is 1. The van der Waals surface area contributed by atoms with Crippen LogP contribution in [0.25, 0.3) is 0 Å². The second kappa shape index (κ2) is 5.53. The van der Waals surface area contributed by atoms with Crippen molar-refractivity contribution >= 4 is 29.9 Å². The maximum Gasteiger partial charge on any atom is 0.189 e. The van der Waals surface area contributed by atoms with Crippen molar-refractivity contribution in [2.75, 3.05) is 7.11 Å². The topological polar surface area (TPSA) is 59.6 Å². The standard InChI is InChI=1S/C13H27N3O.HI/c1-11(2,3)16-10(14)15-9-8-13(6,17-7)12(9,4)5;/h9H,8H2,1-7H3,(H3,14,15,16);1H. The predicted molar refractivity (Wildman–Crippen MR) is 87.5 cm³/mol. The molecule has 0 bridgehead atoms. The van der Waals surface area contributed by atoms with Crippen LogP contribution < -0.4 is 11.1 Å². The van der Waals surface area contributed by atoms with Gasteiger partial charge in [-0.2, -0.15) is 0 Å². The normalized spacial score (nSPS) is 31.3. The van der Waals surface area contributed by atoms with Gasteiger partial charge in [0.1, 0.15) is 0 Å². The average molecular weight is 369 g/mol. The molecule has 0 aromatic heterocycles. The molecule has 1 saturated carbocycles. The molecule has 0 radical (unpaired) electrons. The van der Waals surface area contributed by atoms with E-state index in [1.54, 1.807) is 7.11 Å². The van der Waals surface area contributed by atoms with Crippen LogP contribution >= 0.6 is 24.0 Å². The lowest BCUT2D eigenvalue weighted by Crippen LogP contribution is -2.63. The van der Waals surface area contributed by atoms with Gasteiger partial charge in [0.2, 0.25) is 0 Å². The molecular formula is C13H28IN3O. The summed E-state index contributed by atoms with van der Waals surface area (Å²) in [6.07, 6.45) is 0.920. The molecule has 2 unspecified atom stereocenters. The van der Waals surface area contributed by atoms with Crippen molar-refractivity contribution < 1.29 is 4.74 Å². The molecule has 1 aliphatic rings. The molecule has 0 saturated heterocycles. The summed E-state index contributed by atoms with van der Waals surface area (Å²) >= 11 is 0. The molecule has 4 nitrogen and oxygen atoms in total. The van der Waals surface area contributed by atoms with Crippen LogP contribution in [0.4, 0.5) is 0 Å². The number of hydrogen-bond acceptors (Lipinski definition) is 2. The van der Waals surface area contributed by atoms with Gasteiger partial charge in [0.15, 0.2) is 5.96 Å². The highest BCUT2D eigenvalue weighted by Gasteiger charge is 2.58. The van der Waals surface area contributed by atoms with E-state index in [0.717, 1.165) is 6.42 Å². The molecule has 0 spiro atoms. The lowest BCUT2D eigenvalue weighted by molar-refractivity contribution is -0.171. The molecule has 2 atom stereocenters. The molecule has 0 heterocycles. The predicted octanol–water partition coefficient (Wildman–Crippen LogP) is 2.51.